The molecule has 0 fully saturated rings. The van der Waals surface area contributed by atoms with Crippen LogP contribution in [0.4, 0.5) is 0 Å². The van der Waals surface area contributed by atoms with E-state index in [1.165, 1.54) is 5.06 Å². The van der Waals surface area contributed by atoms with Gasteiger partial charge < -0.3 is 5.73 Å². The summed E-state index contributed by atoms with van der Waals surface area (Å²) in [7, 11) is 0. The third-order valence-electron chi connectivity index (χ3n) is 3.88. The van der Waals surface area contributed by atoms with E-state index >= 15 is 0 Å². The lowest BCUT2D eigenvalue weighted by atomic mass is 9.92. The maximum atomic E-state index is 11.5. The van der Waals surface area contributed by atoms with E-state index in [1.54, 1.807) is 12.2 Å². The van der Waals surface area contributed by atoms with Crippen LogP contribution in [0.15, 0.2) is 47.0 Å². The van der Waals surface area contributed by atoms with Crippen LogP contribution in [0.2, 0.25) is 0 Å². The summed E-state index contributed by atoms with van der Waals surface area (Å²) >= 11 is 6.02. The third kappa shape index (κ3) is 2.71. The fourth-order valence-corrected chi connectivity index (χ4v) is 3.05. The minimum absolute atomic E-state index is 0.375. The lowest BCUT2D eigenvalue weighted by molar-refractivity contribution is -0.151. The van der Waals surface area contributed by atoms with Crippen LogP contribution in [0, 0.1) is 12.3 Å². The van der Waals surface area contributed by atoms with Crippen LogP contribution < -0.4 is 5.73 Å². The highest BCUT2D eigenvalue weighted by Gasteiger charge is 2.34. The zero-order valence-corrected chi connectivity index (χ0v) is 13.1. The Bertz CT molecular complexity index is 787. The second kappa shape index (κ2) is 6.43. The number of amides is 1. The van der Waals surface area contributed by atoms with Gasteiger partial charge in [-0.2, -0.15) is 5.06 Å². The second-order valence-corrected chi connectivity index (χ2v) is 5.61. The van der Waals surface area contributed by atoms with E-state index in [4.69, 9.17) is 28.6 Å². The maximum Gasteiger partial charge on any atom is 0.238 e. The van der Waals surface area contributed by atoms with Crippen molar-refractivity contribution < 1.29 is 9.63 Å². The Balaban J connectivity index is 2.20. The summed E-state index contributed by atoms with van der Waals surface area (Å²) in [6.45, 7) is 0.375. The molecule has 4 nitrogen and oxygen atoms in total. The number of terminal acetylenes is 1. The van der Waals surface area contributed by atoms with E-state index in [2.05, 4.69) is 5.92 Å². The molecule has 1 aromatic carbocycles. The largest absolute Gasteiger partial charge is 0.326 e. The van der Waals surface area contributed by atoms with Crippen molar-refractivity contribution >= 4 is 23.7 Å². The summed E-state index contributed by atoms with van der Waals surface area (Å²) < 4.78 is 0. The molecule has 1 aliphatic heterocycles. The van der Waals surface area contributed by atoms with Gasteiger partial charge >= 0.3 is 0 Å². The molecular weight excluding hydrogens is 312 g/mol. The Kier molecular flexibility index (Phi) is 4.35. The number of nitrogens with zero attached hydrogens (tertiary/aromatic N) is 1. The Morgan fingerprint density at radius 1 is 1.43 bits per heavy atom. The van der Waals surface area contributed by atoms with Gasteiger partial charge in [0, 0.05) is 29.1 Å². The van der Waals surface area contributed by atoms with Crippen molar-refractivity contribution in [2.75, 3.05) is 0 Å². The van der Waals surface area contributed by atoms with Crippen LogP contribution in [-0.2, 0) is 22.6 Å². The quantitative estimate of drug-likeness (QED) is 0.683. The summed E-state index contributed by atoms with van der Waals surface area (Å²) in [6.07, 6.45) is 11.6. The summed E-state index contributed by atoms with van der Waals surface area (Å²) in [5.74, 6) is 2.66. The van der Waals surface area contributed by atoms with Crippen LogP contribution in [0.1, 0.15) is 16.7 Å². The molecule has 0 saturated carbocycles. The summed E-state index contributed by atoms with van der Waals surface area (Å²) in [5, 5.41) is 1.80. The first-order valence-electron chi connectivity index (χ1n) is 7.15. The SMILES string of the molecule is C#CCc1c(CN)cccc1C1=C2C=CC(Cl)=CC2ON1C=O. The monoisotopic (exact) mass is 326 g/mol. The van der Waals surface area contributed by atoms with E-state index in [-0.39, 0.29) is 6.10 Å². The lowest BCUT2D eigenvalue weighted by Gasteiger charge is -2.18. The number of allylic oxidation sites excluding steroid dienone is 2. The molecule has 5 heteroatoms. The Morgan fingerprint density at radius 2 is 2.26 bits per heavy atom. The first-order chi connectivity index (χ1) is 11.2. The fourth-order valence-electron chi connectivity index (χ4n) is 2.87. The van der Waals surface area contributed by atoms with E-state index in [0.717, 1.165) is 22.3 Å². The number of hydrogen-bond acceptors (Lipinski definition) is 3. The van der Waals surface area contributed by atoms with Gasteiger partial charge in [-0.3, -0.25) is 9.63 Å². The molecule has 0 saturated heterocycles. The van der Waals surface area contributed by atoms with Gasteiger partial charge in [0.15, 0.2) is 0 Å². The first kappa shape index (κ1) is 15.6. The number of hydrogen-bond donors (Lipinski definition) is 1. The number of benzene rings is 1. The van der Waals surface area contributed by atoms with Gasteiger partial charge in [-0.1, -0.05) is 35.9 Å². The zero-order valence-electron chi connectivity index (χ0n) is 12.3. The maximum absolute atomic E-state index is 11.5. The van der Waals surface area contributed by atoms with Gasteiger partial charge in [0.1, 0.15) is 6.10 Å². The standard InChI is InChI=1S/C18H15ClN2O2/c1-2-4-14-12(10-20)5-3-6-15(14)18-16-8-7-13(19)9-17(16)23-21(18)11-22/h1,3,5-9,11,17H,4,10,20H2. The Morgan fingerprint density at radius 3 is 2.96 bits per heavy atom. The van der Waals surface area contributed by atoms with Crippen molar-refractivity contribution in [1.29, 1.82) is 0 Å². The highest BCUT2D eigenvalue weighted by Crippen LogP contribution is 2.39. The number of rotatable bonds is 4. The first-order valence-corrected chi connectivity index (χ1v) is 7.53. The molecule has 2 N–H and O–H groups in total. The molecule has 1 heterocycles. The number of halogens is 1. The molecule has 1 atom stereocenters. The molecule has 0 radical (unpaired) electrons. The van der Waals surface area contributed by atoms with Gasteiger partial charge in [-0.15, -0.1) is 12.3 Å². The van der Waals surface area contributed by atoms with E-state index in [0.29, 0.717) is 30.1 Å². The fraction of sp³-hybridized carbons (Fsp3) is 0.167. The van der Waals surface area contributed by atoms with Crippen LogP contribution in [0.3, 0.4) is 0 Å². The molecule has 0 aromatic heterocycles. The molecule has 1 aromatic rings. The Labute approximate surface area is 139 Å². The van der Waals surface area contributed by atoms with Crippen LogP contribution in [0.25, 0.3) is 5.70 Å². The predicted molar refractivity (Wildman–Crippen MR) is 89.6 cm³/mol. The van der Waals surface area contributed by atoms with Gasteiger partial charge in [-0.25, -0.2) is 0 Å². The summed E-state index contributed by atoms with van der Waals surface area (Å²) in [4.78, 5) is 17.1. The van der Waals surface area contributed by atoms with Crippen molar-refractivity contribution in [3.63, 3.8) is 0 Å². The average molecular weight is 327 g/mol. The van der Waals surface area contributed by atoms with Gasteiger partial charge in [-0.05, 0) is 23.3 Å². The molecule has 0 spiro atoms. The molecule has 116 valence electrons. The van der Waals surface area contributed by atoms with Gasteiger partial charge in [0.25, 0.3) is 0 Å². The number of nitrogens with two attached hydrogens (primary N) is 1. The van der Waals surface area contributed by atoms with E-state index < -0.39 is 0 Å². The van der Waals surface area contributed by atoms with Crippen LogP contribution >= 0.6 is 11.6 Å². The second-order valence-electron chi connectivity index (χ2n) is 5.17. The van der Waals surface area contributed by atoms with Gasteiger partial charge in [0.05, 0.1) is 5.70 Å². The molecule has 1 amide bonds. The van der Waals surface area contributed by atoms with Crippen molar-refractivity contribution in [2.24, 2.45) is 5.73 Å². The average Bonchev–Trinajstić information content (AvgIpc) is 2.92. The number of carbonyl (C=O) groups excluding carboxylic acids is 1. The van der Waals surface area contributed by atoms with Gasteiger partial charge in [0.2, 0.25) is 6.41 Å². The Hall–Kier alpha value is -2.32. The van der Waals surface area contributed by atoms with Crippen LogP contribution in [0.5, 0.6) is 0 Å². The molecule has 23 heavy (non-hydrogen) atoms. The molecule has 2 aliphatic rings. The van der Waals surface area contributed by atoms with E-state index in [1.807, 2.05) is 24.3 Å². The predicted octanol–water partition coefficient (Wildman–Crippen LogP) is 2.50. The number of carbonyl (C=O) groups is 1. The van der Waals surface area contributed by atoms with E-state index in [9.17, 15) is 4.79 Å². The lowest BCUT2D eigenvalue weighted by Crippen LogP contribution is -2.19. The van der Waals surface area contributed by atoms with Crippen LogP contribution in [-0.4, -0.2) is 17.6 Å². The van der Waals surface area contributed by atoms with Crippen molar-refractivity contribution in [3.05, 3.63) is 63.7 Å². The molecule has 0 bridgehead atoms. The normalized spacial score (nSPS) is 19.4. The molecule has 1 unspecified atom stereocenters. The molecular formula is C18H15ClN2O2. The highest BCUT2D eigenvalue weighted by molar-refractivity contribution is 6.31. The third-order valence-corrected chi connectivity index (χ3v) is 4.13. The van der Waals surface area contributed by atoms with Crippen molar-refractivity contribution in [1.82, 2.24) is 5.06 Å². The molecule has 3 rings (SSSR count). The smallest absolute Gasteiger partial charge is 0.238 e. The summed E-state index contributed by atoms with van der Waals surface area (Å²) in [5.41, 5.74) is 10.1. The highest BCUT2D eigenvalue weighted by atomic mass is 35.5. The number of hydroxylamine groups is 2. The number of fused-ring (bicyclic) bond motifs is 1. The topological polar surface area (TPSA) is 55.6 Å². The molecule has 1 aliphatic carbocycles. The van der Waals surface area contributed by atoms with Crippen molar-refractivity contribution in [2.45, 2.75) is 19.1 Å². The van der Waals surface area contributed by atoms with Crippen molar-refractivity contribution in [3.8, 4) is 12.3 Å². The minimum Gasteiger partial charge on any atom is -0.326 e. The minimum atomic E-state index is -0.382. The zero-order chi connectivity index (χ0) is 16.4. The summed E-state index contributed by atoms with van der Waals surface area (Å²) in [6, 6.07) is 5.76.